The van der Waals surface area contributed by atoms with Crippen LogP contribution in [0.3, 0.4) is 0 Å². The molecule has 0 aliphatic carbocycles. The van der Waals surface area contributed by atoms with E-state index in [1.807, 2.05) is 36.5 Å². The van der Waals surface area contributed by atoms with E-state index in [9.17, 15) is 9.90 Å². The molecule has 2 unspecified atom stereocenters. The highest BCUT2D eigenvalue weighted by Gasteiger charge is 2.35. The van der Waals surface area contributed by atoms with Crippen molar-refractivity contribution in [3.8, 4) is 5.75 Å². The van der Waals surface area contributed by atoms with Crippen molar-refractivity contribution in [2.24, 2.45) is 0 Å². The van der Waals surface area contributed by atoms with Crippen LogP contribution in [0.2, 0.25) is 0 Å². The lowest BCUT2D eigenvalue weighted by atomic mass is 9.93. The fraction of sp³-hybridized carbons (Fsp3) is 0.429. The maximum Gasteiger partial charge on any atom is 0.320 e. The Morgan fingerprint density at radius 2 is 2.19 bits per heavy atom. The van der Waals surface area contributed by atoms with E-state index in [-0.39, 0.29) is 6.04 Å². The van der Waals surface area contributed by atoms with Crippen molar-refractivity contribution in [3.05, 3.63) is 59.4 Å². The van der Waals surface area contributed by atoms with E-state index in [0.29, 0.717) is 6.42 Å². The van der Waals surface area contributed by atoms with Crippen molar-refractivity contribution in [2.75, 3.05) is 13.7 Å². The quantitative estimate of drug-likeness (QED) is 0.857. The minimum Gasteiger partial charge on any atom is -0.497 e. The van der Waals surface area contributed by atoms with Gasteiger partial charge in [0, 0.05) is 6.20 Å². The zero-order valence-corrected chi connectivity index (χ0v) is 15.4. The number of rotatable bonds is 6. The number of ether oxygens (including phenoxy) is 1. The van der Waals surface area contributed by atoms with Crippen LogP contribution in [0, 0.1) is 0 Å². The number of hydrogen-bond donors (Lipinski definition) is 1. The predicted octanol–water partition coefficient (Wildman–Crippen LogP) is 3.68. The molecule has 1 aliphatic heterocycles. The maximum absolute atomic E-state index is 11.9. The summed E-state index contributed by atoms with van der Waals surface area (Å²) in [5, 5.41) is 9.75. The summed E-state index contributed by atoms with van der Waals surface area (Å²) in [5.74, 6) is 0.00402. The van der Waals surface area contributed by atoms with Crippen LogP contribution >= 0.6 is 0 Å². The predicted molar refractivity (Wildman–Crippen MR) is 100 cm³/mol. The summed E-state index contributed by atoms with van der Waals surface area (Å²) in [4.78, 5) is 18.6. The van der Waals surface area contributed by atoms with E-state index in [2.05, 4.69) is 22.9 Å². The van der Waals surface area contributed by atoms with Crippen LogP contribution in [0.15, 0.2) is 42.6 Å². The third kappa shape index (κ3) is 3.88. The molecular formula is C21H26N2O3. The number of methoxy groups -OCH3 is 1. The number of aromatic nitrogens is 1. The molecule has 1 fully saturated rings. The summed E-state index contributed by atoms with van der Waals surface area (Å²) in [6, 6.07) is 11.3. The summed E-state index contributed by atoms with van der Waals surface area (Å²) in [6.07, 6.45) is 5.43. The van der Waals surface area contributed by atoms with Gasteiger partial charge in [0.2, 0.25) is 0 Å². The summed E-state index contributed by atoms with van der Waals surface area (Å²) in [6.45, 7) is 2.84. The number of piperidine rings is 1. The number of carboxylic acid groups (broad SMARTS) is 1. The van der Waals surface area contributed by atoms with Gasteiger partial charge in [-0.2, -0.15) is 0 Å². The van der Waals surface area contributed by atoms with E-state index in [1.54, 1.807) is 7.11 Å². The van der Waals surface area contributed by atoms with Crippen LogP contribution in [0.25, 0.3) is 0 Å². The number of carboxylic acids is 1. The van der Waals surface area contributed by atoms with Gasteiger partial charge in [-0.25, -0.2) is 0 Å². The summed E-state index contributed by atoms with van der Waals surface area (Å²) in [7, 11) is 1.64. The van der Waals surface area contributed by atoms with Gasteiger partial charge in [-0.05, 0) is 55.1 Å². The standard InChI is InChI=1S/C21H26N2O3/c1-3-15-10-11-18(22-14-15)20(16-7-6-8-17(13-16)26-2)23-12-5-4-9-19(23)21(24)25/h6-8,10-11,13-14,19-20H,3-5,9,12H2,1-2H3,(H,24,25). The highest BCUT2D eigenvalue weighted by molar-refractivity contribution is 5.73. The molecule has 2 atom stereocenters. The van der Waals surface area contributed by atoms with Crippen molar-refractivity contribution < 1.29 is 14.6 Å². The summed E-state index contributed by atoms with van der Waals surface area (Å²) >= 11 is 0. The van der Waals surface area contributed by atoms with E-state index in [0.717, 1.165) is 42.8 Å². The molecule has 3 rings (SSSR count). The minimum absolute atomic E-state index is 0.197. The van der Waals surface area contributed by atoms with Gasteiger partial charge < -0.3 is 9.84 Å². The zero-order valence-electron chi connectivity index (χ0n) is 15.4. The van der Waals surface area contributed by atoms with Gasteiger partial charge >= 0.3 is 5.97 Å². The van der Waals surface area contributed by atoms with Gasteiger partial charge in [-0.3, -0.25) is 14.7 Å². The van der Waals surface area contributed by atoms with Crippen LogP contribution in [0.4, 0.5) is 0 Å². The molecule has 0 radical (unpaired) electrons. The van der Waals surface area contributed by atoms with Crippen LogP contribution in [-0.4, -0.2) is 40.7 Å². The Hall–Kier alpha value is -2.40. The van der Waals surface area contributed by atoms with Gasteiger partial charge in [-0.1, -0.05) is 31.5 Å². The van der Waals surface area contributed by atoms with Gasteiger partial charge in [0.1, 0.15) is 11.8 Å². The molecule has 0 amide bonds. The second-order valence-electron chi connectivity index (χ2n) is 6.71. The summed E-state index contributed by atoms with van der Waals surface area (Å²) in [5.41, 5.74) is 3.06. The number of aryl methyl sites for hydroxylation is 1. The Morgan fingerprint density at radius 1 is 1.35 bits per heavy atom. The number of aliphatic carboxylic acids is 1. The zero-order chi connectivity index (χ0) is 18.5. The Labute approximate surface area is 154 Å². The number of carbonyl (C=O) groups is 1. The second-order valence-corrected chi connectivity index (χ2v) is 6.71. The van der Waals surface area contributed by atoms with Crippen LogP contribution < -0.4 is 4.74 Å². The first kappa shape index (κ1) is 18.4. The number of benzene rings is 1. The molecule has 2 heterocycles. The van der Waals surface area contributed by atoms with Gasteiger partial charge in [0.05, 0.1) is 18.8 Å². The largest absolute Gasteiger partial charge is 0.497 e. The molecule has 0 saturated carbocycles. The average molecular weight is 354 g/mol. The first-order valence-corrected chi connectivity index (χ1v) is 9.21. The Morgan fingerprint density at radius 3 is 2.85 bits per heavy atom. The lowest BCUT2D eigenvalue weighted by Crippen LogP contribution is -2.47. The minimum atomic E-state index is -0.761. The van der Waals surface area contributed by atoms with Crippen LogP contribution in [0.5, 0.6) is 5.75 Å². The molecule has 0 spiro atoms. The van der Waals surface area contributed by atoms with Gasteiger partial charge in [0.25, 0.3) is 0 Å². The normalized spacial score (nSPS) is 19.1. The SMILES string of the molecule is CCc1ccc(C(c2cccc(OC)c2)N2CCCCC2C(=O)O)nc1. The van der Waals surface area contributed by atoms with Crippen LogP contribution in [0.1, 0.15) is 49.0 Å². The van der Waals surface area contributed by atoms with Gasteiger partial charge in [0.15, 0.2) is 0 Å². The Balaban J connectivity index is 2.06. The third-order valence-electron chi connectivity index (χ3n) is 5.11. The molecule has 1 aromatic carbocycles. The second kappa shape index (κ2) is 8.32. The number of pyridine rings is 1. The fourth-order valence-electron chi connectivity index (χ4n) is 3.68. The lowest BCUT2D eigenvalue weighted by Gasteiger charge is -2.39. The molecule has 1 aromatic heterocycles. The molecule has 1 saturated heterocycles. The highest BCUT2D eigenvalue weighted by atomic mass is 16.5. The number of nitrogens with zero attached hydrogens (tertiary/aromatic N) is 2. The van der Waals surface area contributed by atoms with Crippen molar-refractivity contribution in [3.63, 3.8) is 0 Å². The molecule has 1 N–H and O–H groups in total. The average Bonchev–Trinajstić information content (AvgIpc) is 2.69. The van der Waals surface area contributed by atoms with Crippen molar-refractivity contribution in [1.29, 1.82) is 0 Å². The number of likely N-dealkylation sites (tertiary alicyclic amines) is 1. The molecule has 0 bridgehead atoms. The van der Waals surface area contributed by atoms with E-state index in [1.165, 1.54) is 5.56 Å². The summed E-state index contributed by atoms with van der Waals surface area (Å²) < 4.78 is 5.38. The first-order valence-electron chi connectivity index (χ1n) is 9.21. The van der Waals surface area contributed by atoms with Crippen molar-refractivity contribution in [2.45, 2.75) is 44.7 Å². The Kier molecular flexibility index (Phi) is 5.89. The smallest absolute Gasteiger partial charge is 0.320 e. The van der Waals surface area contributed by atoms with E-state index < -0.39 is 12.0 Å². The van der Waals surface area contributed by atoms with E-state index >= 15 is 0 Å². The lowest BCUT2D eigenvalue weighted by molar-refractivity contribution is -0.145. The molecule has 2 aromatic rings. The van der Waals surface area contributed by atoms with Crippen molar-refractivity contribution >= 4 is 5.97 Å². The third-order valence-corrected chi connectivity index (χ3v) is 5.11. The molecule has 5 nitrogen and oxygen atoms in total. The maximum atomic E-state index is 11.9. The molecule has 138 valence electrons. The monoisotopic (exact) mass is 354 g/mol. The van der Waals surface area contributed by atoms with Crippen molar-refractivity contribution in [1.82, 2.24) is 9.88 Å². The molecule has 5 heteroatoms. The first-order chi connectivity index (χ1) is 12.6. The topological polar surface area (TPSA) is 62.7 Å². The van der Waals surface area contributed by atoms with Crippen LogP contribution in [-0.2, 0) is 11.2 Å². The van der Waals surface area contributed by atoms with E-state index in [4.69, 9.17) is 4.74 Å². The van der Waals surface area contributed by atoms with Gasteiger partial charge in [-0.15, -0.1) is 0 Å². The Bertz CT molecular complexity index is 745. The fourth-order valence-corrected chi connectivity index (χ4v) is 3.68. The molecular weight excluding hydrogens is 328 g/mol. The molecule has 26 heavy (non-hydrogen) atoms. The molecule has 1 aliphatic rings. The number of hydrogen-bond acceptors (Lipinski definition) is 4. The highest BCUT2D eigenvalue weighted by Crippen LogP contribution is 2.34.